The Hall–Kier alpha value is -3.74. The summed E-state index contributed by atoms with van der Waals surface area (Å²) in [4.78, 5) is 36.7. The van der Waals surface area contributed by atoms with E-state index in [2.05, 4.69) is 5.32 Å². The summed E-state index contributed by atoms with van der Waals surface area (Å²) in [6.45, 7) is 4.55. The zero-order valence-corrected chi connectivity index (χ0v) is 17.6. The van der Waals surface area contributed by atoms with Gasteiger partial charge in [0.2, 0.25) is 5.78 Å². The molecule has 160 valence electrons. The molecular formula is C24H23FN2O4. The number of ketones is 1. The SMILES string of the molecule is Cc1ccccc1C(=O)NCC(=O)OCC(=O)c1cc(C)n(-c2cccc(F)c2)c1C. The lowest BCUT2D eigenvalue weighted by molar-refractivity contribution is -0.141. The number of rotatable bonds is 7. The number of Topliss-reactive ketones (excluding diaryl/α,β-unsaturated/α-hetero) is 1. The minimum atomic E-state index is -0.714. The highest BCUT2D eigenvalue weighted by Gasteiger charge is 2.19. The Balaban J connectivity index is 1.60. The number of carbonyl (C=O) groups excluding carboxylic acids is 3. The van der Waals surface area contributed by atoms with E-state index in [4.69, 9.17) is 4.74 Å². The first-order valence-electron chi connectivity index (χ1n) is 9.75. The van der Waals surface area contributed by atoms with E-state index in [1.807, 2.05) is 13.0 Å². The molecule has 0 atom stereocenters. The summed E-state index contributed by atoms with van der Waals surface area (Å²) in [6.07, 6.45) is 0. The smallest absolute Gasteiger partial charge is 0.325 e. The van der Waals surface area contributed by atoms with Crippen LogP contribution in [0.1, 0.15) is 37.7 Å². The molecule has 0 aliphatic heterocycles. The van der Waals surface area contributed by atoms with Crippen molar-refractivity contribution >= 4 is 17.7 Å². The van der Waals surface area contributed by atoms with Crippen molar-refractivity contribution in [3.63, 3.8) is 0 Å². The molecule has 0 saturated heterocycles. The van der Waals surface area contributed by atoms with E-state index in [1.165, 1.54) is 12.1 Å². The van der Waals surface area contributed by atoms with Crippen LogP contribution in [0.25, 0.3) is 5.69 Å². The molecule has 7 heteroatoms. The number of esters is 1. The number of benzene rings is 2. The van der Waals surface area contributed by atoms with E-state index in [9.17, 15) is 18.8 Å². The van der Waals surface area contributed by atoms with Crippen LogP contribution in [0, 0.1) is 26.6 Å². The fourth-order valence-electron chi connectivity index (χ4n) is 3.41. The van der Waals surface area contributed by atoms with Gasteiger partial charge in [0.25, 0.3) is 5.91 Å². The quantitative estimate of drug-likeness (QED) is 0.465. The van der Waals surface area contributed by atoms with Crippen molar-refractivity contribution in [2.24, 2.45) is 0 Å². The Bertz CT molecular complexity index is 1150. The molecule has 3 rings (SSSR count). The van der Waals surface area contributed by atoms with Crippen LogP contribution in [0.15, 0.2) is 54.6 Å². The molecule has 1 amide bonds. The maximum Gasteiger partial charge on any atom is 0.325 e. The lowest BCUT2D eigenvalue weighted by atomic mass is 10.1. The van der Waals surface area contributed by atoms with Crippen molar-refractivity contribution in [2.75, 3.05) is 13.2 Å². The van der Waals surface area contributed by atoms with Crippen LogP contribution in [0.5, 0.6) is 0 Å². The van der Waals surface area contributed by atoms with Crippen molar-refractivity contribution in [1.82, 2.24) is 9.88 Å². The first-order chi connectivity index (χ1) is 14.8. The van der Waals surface area contributed by atoms with E-state index in [1.54, 1.807) is 54.8 Å². The largest absolute Gasteiger partial charge is 0.456 e. The number of nitrogens with zero attached hydrogens (tertiary/aromatic N) is 1. The lowest BCUT2D eigenvalue weighted by Crippen LogP contribution is -2.31. The van der Waals surface area contributed by atoms with Crippen molar-refractivity contribution < 1.29 is 23.5 Å². The van der Waals surface area contributed by atoms with Crippen LogP contribution in [-0.2, 0) is 9.53 Å². The van der Waals surface area contributed by atoms with E-state index in [0.29, 0.717) is 22.5 Å². The number of carbonyl (C=O) groups is 3. The van der Waals surface area contributed by atoms with Gasteiger partial charge >= 0.3 is 5.97 Å². The first kappa shape index (κ1) is 22.0. The highest BCUT2D eigenvalue weighted by molar-refractivity contribution is 6.00. The van der Waals surface area contributed by atoms with Crippen LogP contribution < -0.4 is 5.32 Å². The first-order valence-corrected chi connectivity index (χ1v) is 9.75. The second kappa shape index (κ2) is 9.38. The van der Waals surface area contributed by atoms with Crippen LogP contribution in [-0.4, -0.2) is 35.4 Å². The fraction of sp³-hybridized carbons (Fsp3) is 0.208. The number of ether oxygens (including phenoxy) is 1. The van der Waals surface area contributed by atoms with Gasteiger partial charge in [0.1, 0.15) is 12.4 Å². The van der Waals surface area contributed by atoms with Crippen LogP contribution in [0.2, 0.25) is 0 Å². The summed E-state index contributed by atoms with van der Waals surface area (Å²) in [5.74, 6) is -1.86. The summed E-state index contributed by atoms with van der Waals surface area (Å²) in [7, 11) is 0. The molecule has 1 heterocycles. The maximum absolute atomic E-state index is 13.6. The molecule has 1 aromatic heterocycles. The fourth-order valence-corrected chi connectivity index (χ4v) is 3.41. The third kappa shape index (κ3) is 5.06. The molecule has 6 nitrogen and oxygen atoms in total. The minimum Gasteiger partial charge on any atom is -0.456 e. The molecule has 2 aromatic carbocycles. The predicted molar refractivity (Wildman–Crippen MR) is 114 cm³/mol. The zero-order chi connectivity index (χ0) is 22.5. The molecule has 1 N–H and O–H groups in total. The van der Waals surface area contributed by atoms with Gasteiger partial charge in [0.05, 0.1) is 0 Å². The minimum absolute atomic E-state index is 0.344. The van der Waals surface area contributed by atoms with Crippen LogP contribution in [0.4, 0.5) is 4.39 Å². The van der Waals surface area contributed by atoms with Crippen LogP contribution in [0.3, 0.4) is 0 Å². The van der Waals surface area contributed by atoms with Gasteiger partial charge in [-0.3, -0.25) is 14.4 Å². The van der Waals surface area contributed by atoms with Gasteiger partial charge in [-0.2, -0.15) is 0 Å². The number of halogens is 1. The third-order valence-corrected chi connectivity index (χ3v) is 4.95. The van der Waals surface area contributed by atoms with Crippen molar-refractivity contribution in [3.05, 3.63) is 88.5 Å². The van der Waals surface area contributed by atoms with E-state index in [-0.39, 0.29) is 24.1 Å². The Kier molecular flexibility index (Phi) is 6.65. The van der Waals surface area contributed by atoms with Gasteiger partial charge in [-0.1, -0.05) is 24.3 Å². The van der Waals surface area contributed by atoms with Gasteiger partial charge in [0, 0.05) is 28.2 Å². The number of nitrogens with one attached hydrogen (secondary N) is 1. The molecule has 0 bridgehead atoms. The van der Waals surface area contributed by atoms with Gasteiger partial charge in [0.15, 0.2) is 6.61 Å². The van der Waals surface area contributed by atoms with Gasteiger partial charge in [-0.05, 0) is 56.7 Å². The zero-order valence-electron chi connectivity index (χ0n) is 17.6. The van der Waals surface area contributed by atoms with Gasteiger partial charge < -0.3 is 14.6 Å². The molecule has 0 radical (unpaired) electrons. The monoisotopic (exact) mass is 422 g/mol. The van der Waals surface area contributed by atoms with Crippen LogP contribution >= 0.6 is 0 Å². The molecule has 0 spiro atoms. The lowest BCUT2D eigenvalue weighted by Gasteiger charge is -2.10. The third-order valence-electron chi connectivity index (χ3n) is 4.95. The number of hydrogen-bond acceptors (Lipinski definition) is 4. The molecular weight excluding hydrogens is 399 g/mol. The van der Waals surface area contributed by atoms with Gasteiger partial charge in [-0.15, -0.1) is 0 Å². The molecule has 0 saturated carbocycles. The van der Waals surface area contributed by atoms with E-state index in [0.717, 1.165) is 11.3 Å². The van der Waals surface area contributed by atoms with E-state index < -0.39 is 12.6 Å². The summed E-state index contributed by atoms with van der Waals surface area (Å²) in [5.41, 5.74) is 3.62. The normalized spacial score (nSPS) is 10.6. The maximum atomic E-state index is 13.6. The second-order valence-electron chi connectivity index (χ2n) is 7.18. The summed E-state index contributed by atoms with van der Waals surface area (Å²) in [5, 5.41) is 2.49. The Morgan fingerprint density at radius 1 is 0.968 bits per heavy atom. The number of aryl methyl sites for hydroxylation is 2. The summed E-state index contributed by atoms with van der Waals surface area (Å²) in [6, 6.07) is 14.8. The highest BCUT2D eigenvalue weighted by Crippen LogP contribution is 2.22. The van der Waals surface area contributed by atoms with Crippen molar-refractivity contribution in [2.45, 2.75) is 20.8 Å². The van der Waals surface area contributed by atoms with Crippen molar-refractivity contribution in [1.29, 1.82) is 0 Å². The molecule has 31 heavy (non-hydrogen) atoms. The Labute approximate surface area is 179 Å². The average Bonchev–Trinajstić information content (AvgIpc) is 3.04. The van der Waals surface area contributed by atoms with Gasteiger partial charge in [-0.25, -0.2) is 4.39 Å². The number of aromatic nitrogens is 1. The average molecular weight is 422 g/mol. The molecule has 0 aliphatic rings. The summed E-state index contributed by atoms with van der Waals surface area (Å²) >= 11 is 0. The molecule has 3 aromatic rings. The Morgan fingerprint density at radius 2 is 1.71 bits per heavy atom. The summed E-state index contributed by atoms with van der Waals surface area (Å²) < 4.78 is 20.4. The standard InChI is InChI=1S/C24H23FN2O4/c1-15-7-4-5-10-20(15)24(30)26-13-23(29)31-14-22(28)21-11-16(2)27(17(21)3)19-9-6-8-18(25)12-19/h4-12H,13-14H2,1-3H3,(H,26,30). The molecule has 0 aliphatic carbocycles. The predicted octanol–water partition coefficient (Wildman–Crippen LogP) is 3.70. The van der Waals surface area contributed by atoms with Crippen molar-refractivity contribution in [3.8, 4) is 5.69 Å². The highest BCUT2D eigenvalue weighted by atomic mass is 19.1. The number of amides is 1. The second-order valence-corrected chi connectivity index (χ2v) is 7.18. The molecule has 0 unspecified atom stereocenters. The topological polar surface area (TPSA) is 77.4 Å². The number of hydrogen-bond donors (Lipinski definition) is 1. The molecule has 0 fully saturated rings. The Morgan fingerprint density at radius 3 is 2.42 bits per heavy atom. The van der Waals surface area contributed by atoms with E-state index >= 15 is 0 Å².